The van der Waals surface area contributed by atoms with Crippen LogP contribution in [0.15, 0.2) is 0 Å². The number of aliphatic hydroxyl groups excluding tert-OH is 1. The van der Waals surface area contributed by atoms with E-state index in [2.05, 4.69) is 0 Å². The SMILES string of the molecule is CC(C)(C)N.CCOCCOC(C)O. The van der Waals surface area contributed by atoms with E-state index in [-0.39, 0.29) is 5.54 Å². The van der Waals surface area contributed by atoms with Crippen molar-refractivity contribution >= 4 is 0 Å². The van der Waals surface area contributed by atoms with Crippen LogP contribution < -0.4 is 5.73 Å². The number of nitrogens with two attached hydrogens (primary N) is 1. The van der Waals surface area contributed by atoms with E-state index in [1.165, 1.54) is 0 Å². The van der Waals surface area contributed by atoms with Gasteiger partial charge in [0.1, 0.15) is 0 Å². The van der Waals surface area contributed by atoms with Crippen LogP contribution in [0, 0.1) is 0 Å². The average molecular weight is 207 g/mol. The van der Waals surface area contributed by atoms with E-state index in [0.29, 0.717) is 19.8 Å². The molecule has 0 aromatic carbocycles. The second kappa shape index (κ2) is 9.40. The maximum absolute atomic E-state index is 8.57. The first-order chi connectivity index (χ1) is 6.27. The molecule has 1 unspecified atom stereocenters. The van der Waals surface area contributed by atoms with Crippen molar-refractivity contribution in [3.63, 3.8) is 0 Å². The third kappa shape index (κ3) is 40.8. The zero-order valence-electron chi connectivity index (χ0n) is 10.0. The van der Waals surface area contributed by atoms with Crippen LogP contribution in [-0.2, 0) is 9.47 Å². The molecule has 0 aromatic rings. The van der Waals surface area contributed by atoms with E-state index >= 15 is 0 Å². The number of hydrogen-bond donors (Lipinski definition) is 2. The average Bonchev–Trinajstić information content (AvgIpc) is 1.94. The minimum Gasteiger partial charge on any atom is -0.379 e. The van der Waals surface area contributed by atoms with Crippen molar-refractivity contribution in [3.8, 4) is 0 Å². The highest BCUT2D eigenvalue weighted by Crippen LogP contribution is 1.88. The van der Waals surface area contributed by atoms with Gasteiger partial charge < -0.3 is 20.3 Å². The van der Waals surface area contributed by atoms with Gasteiger partial charge in [-0.05, 0) is 34.6 Å². The minimum atomic E-state index is -0.676. The summed E-state index contributed by atoms with van der Waals surface area (Å²) in [6.45, 7) is 11.1. The fraction of sp³-hybridized carbons (Fsp3) is 1.00. The Hall–Kier alpha value is -0.160. The normalized spacial score (nSPS) is 13.1. The largest absolute Gasteiger partial charge is 0.379 e. The van der Waals surface area contributed by atoms with E-state index in [1.54, 1.807) is 6.92 Å². The predicted octanol–water partition coefficient (Wildman–Crippen LogP) is 1.12. The van der Waals surface area contributed by atoms with E-state index in [4.69, 9.17) is 20.3 Å². The second-order valence-electron chi connectivity index (χ2n) is 4.03. The maximum atomic E-state index is 8.57. The van der Waals surface area contributed by atoms with Gasteiger partial charge in [-0.2, -0.15) is 0 Å². The van der Waals surface area contributed by atoms with Crippen LogP contribution >= 0.6 is 0 Å². The molecule has 0 saturated carbocycles. The Bertz CT molecular complexity index is 104. The van der Waals surface area contributed by atoms with Crippen LogP contribution in [0.2, 0.25) is 0 Å². The molecule has 0 fully saturated rings. The predicted molar refractivity (Wildman–Crippen MR) is 58.1 cm³/mol. The third-order valence-corrected chi connectivity index (χ3v) is 0.791. The number of hydrogen-bond acceptors (Lipinski definition) is 4. The fourth-order valence-electron chi connectivity index (χ4n) is 0.422. The molecule has 0 heterocycles. The van der Waals surface area contributed by atoms with Gasteiger partial charge in [-0.3, -0.25) is 0 Å². The van der Waals surface area contributed by atoms with Gasteiger partial charge >= 0.3 is 0 Å². The quantitative estimate of drug-likeness (QED) is 0.524. The Morgan fingerprint density at radius 2 is 1.71 bits per heavy atom. The highest BCUT2D eigenvalue weighted by atomic mass is 16.6. The smallest absolute Gasteiger partial charge is 0.151 e. The molecule has 0 saturated heterocycles. The van der Waals surface area contributed by atoms with Crippen LogP contribution in [0.4, 0.5) is 0 Å². The molecule has 14 heavy (non-hydrogen) atoms. The van der Waals surface area contributed by atoms with Crippen molar-refractivity contribution in [2.45, 2.75) is 46.4 Å². The van der Waals surface area contributed by atoms with Gasteiger partial charge in [0.05, 0.1) is 13.2 Å². The van der Waals surface area contributed by atoms with E-state index in [9.17, 15) is 0 Å². The summed E-state index contributed by atoms with van der Waals surface area (Å²) in [5.74, 6) is 0. The van der Waals surface area contributed by atoms with Gasteiger partial charge in [-0.15, -0.1) is 0 Å². The van der Waals surface area contributed by atoms with Gasteiger partial charge in [0.2, 0.25) is 0 Å². The fourth-order valence-corrected chi connectivity index (χ4v) is 0.422. The summed E-state index contributed by atoms with van der Waals surface area (Å²) < 4.78 is 9.72. The molecule has 0 aliphatic rings. The Morgan fingerprint density at radius 3 is 2.00 bits per heavy atom. The van der Waals surface area contributed by atoms with Crippen LogP contribution in [0.5, 0.6) is 0 Å². The number of aliphatic hydroxyl groups is 1. The van der Waals surface area contributed by atoms with Crippen LogP contribution in [0.3, 0.4) is 0 Å². The molecule has 0 spiro atoms. The zero-order valence-corrected chi connectivity index (χ0v) is 10.0. The molecule has 0 aliphatic heterocycles. The molecule has 4 nitrogen and oxygen atoms in total. The zero-order chi connectivity index (χ0) is 11.6. The summed E-state index contributed by atoms with van der Waals surface area (Å²) in [7, 11) is 0. The van der Waals surface area contributed by atoms with Crippen LogP contribution in [-0.4, -0.2) is 36.8 Å². The highest BCUT2D eigenvalue weighted by molar-refractivity contribution is 4.60. The van der Waals surface area contributed by atoms with Crippen molar-refractivity contribution in [1.29, 1.82) is 0 Å². The van der Waals surface area contributed by atoms with Crippen LogP contribution in [0.25, 0.3) is 0 Å². The lowest BCUT2D eigenvalue weighted by molar-refractivity contribution is -0.0987. The van der Waals surface area contributed by atoms with Gasteiger partial charge in [-0.25, -0.2) is 0 Å². The first-order valence-corrected chi connectivity index (χ1v) is 4.93. The molecule has 4 heteroatoms. The summed E-state index contributed by atoms with van der Waals surface area (Å²) in [5, 5.41) is 8.57. The summed E-state index contributed by atoms with van der Waals surface area (Å²) in [5.41, 5.74) is 5.35. The van der Waals surface area contributed by atoms with E-state index in [0.717, 1.165) is 0 Å². The molecule has 3 N–H and O–H groups in total. The lowest BCUT2D eigenvalue weighted by Gasteiger charge is -2.06. The third-order valence-electron chi connectivity index (χ3n) is 0.791. The van der Waals surface area contributed by atoms with Crippen molar-refractivity contribution in [2.75, 3.05) is 19.8 Å². The van der Waals surface area contributed by atoms with Crippen molar-refractivity contribution in [1.82, 2.24) is 0 Å². The molecule has 1 atom stereocenters. The topological polar surface area (TPSA) is 64.7 Å². The van der Waals surface area contributed by atoms with Gasteiger partial charge in [0.25, 0.3) is 0 Å². The first kappa shape index (κ1) is 16.3. The summed E-state index contributed by atoms with van der Waals surface area (Å²) >= 11 is 0. The Labute approximate surface area is 87.4 Å². The summed E-state index contributed by atoms with van der Waals surface area (Å²) in [6, 6.07) is 0. The molecular weight excluding hydrogens is 182 g/mol. The highest BCUT2D eigenvalue weighted by Gasteiger charge is 1.95. The first-order valence-electron chi connectivity index (χ1n) is 4.93. The van der Waals surface area contributed by atoms with Gasteiger partial charge in [-0.1, -0.05) is 0 Å². The number of ether oxygens (including phenoxy) is 2. The van der Waals surface area contributed by atoms with Gasteiger partial charge in [0.15, 0.2) is 6.29 Å². The molecule has 88 valence electrons. The molecule has 0 radical (unpaired) electrons. The van der Waals surface area contributed by atoms with E-state index < -0.39 is 6.29 Å². The molecule has 0 amide bonds. The monoisotopic (exact) mass is 207 g/mol. The van der Waals surface area contributed by atoms with Gasteiger partial charge in [0, 0.05) is 12.1 Å². The van der Waals surface area contributed by atoms with Crippen molar-refractivity contribution < 1.29 is 14.6 Å². The van der Waals surface area contributed by atoms with Crippen molar-refractivity contribution in [2.24, 2.45) is 5.73 Å². The molecule has 0 rings (SSSR count). The summed E-state index contributed by atoms with van der Waals surface area (Å²) in [6.07, 6.45) is -0.676. The minimum absolute atomic E-state index is 0. The lowest BCUT2D eigenvalue weighted by Crippen LogP contribution is -2.26. The second-order valence-corrected chi connectivity index (χ2v) is 4.03. The molecule has 0 aromatic heterocycles. The summed E-state index contributed by atoms with van der Waals surface area (Å²) in [4.78, 5) is 0. The maximum Gasteiger partial charge on any atom is 0.151 e. The Morgan fingerprint density at radius 1 is 1.29 bits per heavy atom. The van der Waals surface area contributed by atoms with Crippen LogP contribution in [0.1, 0.15) is 34.6 Å². The Balaban J connectivity index is 0. The molecular formula is C10H25NO3. The Kier molecular flexibility index (Phi) is 10.9. The van der Waals surface area contributed by atoms with E-state index in [1.807, 2.05) is 27.7 Å². The lowest BCUT2D eigenvalue weighted by atomic mass is 10.1. The molecule has 0 bridgehead atoms. The molecule has 0 aliphatic carbocycles. The number of rotatable bonds is 5. The standard InChI is InChI=1S/C6H14O3.C4H11N/c1-3-8-4-5-9-6(2)7;1-4(2,3)5/h6-7H,3-5H2,1-2H3;5H2,1-3H3. The van der Waals surface area contributed by atoms with Crippen molar-refractivity contribution in [3.05, 3.63) is 0 Å².